The average Bonchev–Trinajstić information content (AvgIpc) is 3.38. The number of aryl methyl sites for hydroxylation is 1. The van der Waals surface area contributed by atoms with Crippen molar-refractivity contribution in [1.29, 1.82) is 0 Å². The first kappa shape index (κ1) is 18.0. The van der Waals surface area contributed by atoms with Gasteiger partial charge < -0.3 is 14.0 Å². The van der Waals surface area contributed by atoms with Gasteiger partial charge in [0.2, 0.25) is 5.89 Å². The highest BCUT2D eigenvalue weighted by Gasteiger charge is 2.58. The van der Waals surface area contributed by atoms with E-state index >= 15 is 0 Å². The lowest BCUT2D eigenvalue weighted by Gasteiger charge is -2.21. The number of hydrogen-bond donors (Lipinski definition) is 0. The maximum Gasteiger partial charge on any atom is 0.280 e. The Balaban J connectivity index is 1.07. The molecule has 4 aromatic heterocycles. The van der Waals surface area contributed by atoms with E-state index in [0.29, 0.717) is 34.8 Å². The molecule has 0 spiro atoms. The SMILES string of the molecule is Cn1cnc2ncn(Cc3nc(C4[C@H]5CN(c6ccc7sncc7c6)C[C@@H]45)no3)c(=O)c21. The van der Waals surface area contributed by atoms with E-state index in [2.05, 4.69) is 47.6 Å². The predicted molar refractivity (Wildman–Crippen MR) is 118 cm³/mol. The van der Waals surface area contributed by atoms with E-state index in [-0.39, 0.29) is 12.1 Å². The van der Waals surface area contributed by atoms with Gasteiger partial charge in [-0.1, -0.05) is 5.16 Å². The minimum atomic E-state index is -0.175. The summed E-state index contributed by atoms with van der Waals surface area (Å²) in [5.74, 6) is 2.56. The summed E-state index contributed by atoms with van der Waals surface area (Å²) in [7, 11) is 1.78. The zero-order valence-electron chi connectivity index (χ0n) is 17.1. The van der Waals surface area contributed by atoms with Crippen molar-refractivity contribution in [2.24, 2.45) is 18.9 Å². The first-order valence-electron chi connectivity index (χ1n) is 10.4. The number of benzene rings is 1. The summed E-state index contributed by atoms with van der Waals surface area (Å²) in [6.45, 7) is 2.18. The third kappa shape index (κ3) is 2.63. The van der Waals surface area contributed by atoms with E-state index in [4.69, 9.17) is 4.52 Å². The van der Waals surface area contributed by atoms with Crippen molar-refractivity contribution in [3.05, 3.63) is 59.1 Å². The maximum atomic E-state index is 12.7. The molecule has 11 heteroatoms. The van der Waals surface area contributed by atoms with Gasteiger partial charge in [-0.2, -0.15) is 9.36 Å². The van der Waals surface area contributed by atoms with Gasteiger partial charge in [0.05, 0.1) is 11.0 Å². The number of hydrogen-bond acceptors (Lipinski definition) is 9. The van der Waals surface area contributed by atoms with Gasteiger partial charge in [0.1, 0.15) is 12.9 Å². The molecule has 0 radical (unpaired) electrons. The highest BCUT2D eigenvalue weighted by molar-refractivity contribution is 7.13. The molecule has 1 saturated heterocycles. The van der Waals surface area contributed by atoms with Crippen molar-refractivity contribution < 1.29 is 4.52 Å². The second-order valence-electron chi connectivity index (χ2n) is 8.56. The Labute approximate surface area is 185 Å². The van der Waals surface area contributed by atoms with E-state index in [1.54, 1.807) is 17.9 Å². The first-order chi connectivity index (χ1) is 15.7. The first-order valence-corrected chi connectivity index (χ1v) is 11.2. The Kier molecular flexibility index (Phi) is 3.63. The van der Waals surface area contributed by atoms with E-state index in [0.717, 1.165) is 18.9 Å². The molecule has 1 unspecified atom stereocenters. The normalized spacial score (nSPS) is 22.2. The molecule has 1 saturated carbocycles. The topological polar surface area (TPSA) is 108 Å². The molecule has 5 heterocycles. The van der Waals surface area contributed by atoms with Crippen LogP contribution >= 0.6 is 11.5 Å². The molecular formula is C21H18N8O2S. The van der Waals surface area contributed by atoms with Crippen LogP contribution < -0.4 is 10.5 Å². The van der Waals surface area contributed by atoms with E-state index in [1.807, 2.05) is 6.20 Å². The highest BCUT2D eigenvalue weighted by atomic mass is 32.1. The summed E-state index contributed by atoms with van der Waals surface area (Å²) < 4.78 is 14.1. The van der Waals surface area contributed by atoms with Crippen molar-refractivity contribution in [1.82, 2.24) is 33.6 Å². The van der Waals surface area contributed by atoms with E-state index in [9.17, 15) is 4.79 Å². The molecule has 1 aromatic carbocycles. The summed E-state index contributed by atoms with van der Waals surface area (Å²) in [4.78, 5) is 28.1. The zero-order chi connectivity index (χ0) is 21.4. The molecule has 160 valence electrons. The number of anilines is 1. The standard InChI is InChI=1S/C21H18N8O2S/c1-27-9-22-20-18(27)21(30)29(10-23-20)8-16-25-19(26-31-16)17-13-6-28(7-14(13)17)12-2-3-15-11(4-12)5-24-32-15/h2-5,9-10,13-14,17H,6-8H2,1H3/t13-,14+,17?. The number of piperidine rings is 1. The van der Waals surface area contributed by atoms with Crippen LogP contribution in [-0.2, 0) is 13.6 Å². The van der Waals surface area contributed by atoms with Gasteiger partial charge in [-0.25, -0.2) is 9.97 Å². The lowest BCUT2D eigenvalue weighted by atomic mass is 10.2. The Hall–Kier alpha value is -3.60. The van der Waals surface area contributed by atoms with Gasteiger partial charge in [0, 0.05) is 43.3 Å². The van der Waals surface area contributed by atoms with Crippen LogP contribution in [0.3, 0.4) is 0 Å². The summed E-state index contributed by atoms with van der Waals surface area (Å²) in [6, 6.07) is 6.54. The molecule has 0 N–H and O–H groups in total. The van der Waals surface area contributed by atoms with Crippen LogP contribution in [0.5, 0.6) is 0 Å². The van der Waals surface area contributed by atoms with Crippen LogP contribution in [0.1, 0.15) is 17.6 Å². The Morgan fingerprint density at radius 2 is 2.03 bits per heavy atom. The van der Waals surface area contributed by atoms with Crippen molar-refractivity contribution >= 4 is 38.5 Å². The molecular weight excluding hydrogens is 428 g/mol. The van der Waals surface area contributed by atoms with Gasteiger partial charge in [0.25, 0.3) is 5.56 Å². The minimum absolute atomic E-state index is 0.175. The fourth-order valence-electron chi connectivity index (χ4n) is 4.97. The molecule has 7 rings (SSSR count). The Morgan fingerprint density at radius 3 is 2.91 bits per heavy atom. The van der Waals surface area contributed by atoms with Crippen LogP contribution in [0.4, 0.5) is 5.69 Å². The van der Waals surface area contributed by atoms with Crippen LogP contribution in [0.15, 0.2) is 46.4 Å². The second kappa shape index (κ2) is 6.45. The highest BCUT2D eigenvalue weighted by Crippen LogP contribution is 2.58. The molecule has 32 heavy (non-hydrogen) atoms. The summed E-state index contributed by atoms with van der Waals surface area (Å²) in [5.41, 5.74) is 1.96. The molecule has 1 aliphatic carbocycles. The quantitative estimate of drug-likeness (QED) is 0.413. The summed E-state index contributed by atoms with van der Waals surface area (Å²) in [5, 5.41) is 5.42. The number of fused-ring (bicyclic) bond motifs is 3. The average molecular weight is 446 g/mol. The van der Waals surface area contributed by atoms with Crippen LogP contribution in [0, 0.1) is 11.8 Å². The smallest absolute Gasteiger partial charge is 0.280 e. The molecule has 0 bridgehead atoms. The van der Waals surface area contributed by atoms with Gasteiger partial charge in [-0.05, 0) is 41.6 Å². The molecule has 1 aliphatic heterocycles. The predicted octanol–water partition coefficient (Wildman–Crippen LogP) is 2.02. The maximum absolute atomic E-state index is 12.7. The molecule has 5 aromatic rings. The van der Waals surface area contributed by atoms with Gasteiger partial charge >= 0.3 is 0 Å². The summed E-state index contributed by atoms with van der Waals surface area (Å²) >= 11 is 1.53. The number of imidazole rings is 1. The molecule has 10 nitrogen and oxygen atoms in total. The Morgan fingerprint density at radius 1 is 1.19 bits per heavy atom. The van der Waals surface area contributed by atoms with Crippen LogP contribution in [0.25, 0.3) is 21.3 Å². The molecule has 2 aliphatic rings. The van der Waals surface area contributed by atoms with Gasteiger partial charge in [-0.15, -0.1) is 0 Å². The third-order valence-electron chi connectivity index (χ3n) is 6.68. The van der Waals surface area contributed by atoms with E-state index < -0.39 is 0 Å². The van der Waals surface area contributed by atoms with E-state index in [1.165, 1.54) is 38.2 Å². The van der Waals surface area contributed by atoms with Gasteiger partial charge in [0.15, 0.2) is 17.0 Å². The molecule has 2 fully saturated rings. The third-order valence-corrected chi connectivity index (χ3v) is 7.46. The fraction of sp³-hybridized carbons (Fsp3) is 0.333. The number of nitrogens with zero attached hydrogens (tertiary/aromatic N) is 8. The van der Waals surface area contributed by atoms with Crippen LogP contribution in [0.2, 0.25) is 0 Å². The monoisotopic (exact) mass is 446 g/mol. The Bertz CT molecular complexity index is 1540. The van der Waals surface area contributed by atoms with Crippen molar-refractivity contribution in [2.45, 2.75) is 12.5 Å². The minimum Gasteiger partial charge on any atom is -0.371 e. The molecule has 0 amide bonds. The number of rotatable bonds is 4. The lowest BCUT2D eigenvalue weighted by Crippen LogP contribution is -2.23. The second-order valence-corrected chi connectivity index (χ2v) is 9.39. The van der Waals surface area contributed by atoms with Crippen molar-refractivity contribution in [3.8, 4) is 0 Å². The summed E-state index contributed by atoms with van der Waals surface area (Å²) in [6.07, 6.45) is 4.99. The zero-order valence-corrected chi connectivity index (χ0v) is 17.9. The van der Waals surface area contributed by atoms with Crippen molar-refractivity contribution in [2.75, 3.05) is 18.0 Å². The number of aromatic nitrogens is 7. The van der Waals surface area contributed by atoms with Gasteiger partial charge in [-0.3, -0.25) is 9.36 Å². The lowest BCUT2D eigenvalue weighted by molar-refractivity contribution is 0.363. The van der Waals surface area contributed by atoms with Crippen LogP contribution in [-0.4, -0.2) is 46.7 Å². The fourth-order valence-corrected chi connectivity index (χ4v) is 5.60. The van der Waals surface area contributed by atoms with Crippen molar-refractivity contribution in [3.63, 3.8) is 0 Å². The largest absolute Gasteiger partial charge is 0.371 e. The molecule has 3 atom stereocenters.